The molecule has 0 aromatic carbocycles. The molecule has 1 fully saturated rings. The SMILES string of the molecule is CCC1CCC(C)N1C(=O)c1ccncc1Cl. The Hall–Kier alpha value is -1.09. The zero-order valence-electron chi connectivity index (χ0n) is 10.2. The average molecular weight is 253 g/mol. The Kier molecular flexibility index (Phi) is 3.67. The quantitative estimate of drug-likeness (QED) is 0.810. The Morgan fingerprint density at radius 1 is 1.59 bits per heavy atom. The van der Waals surface area contributed by atoms with Crippen LogP contribution < -0.4 is 0 Å². The molecule has 1 saturated heterocycles. The molecule has 1 amide bonds. The van der Waals surface area contributed by atoms with Crippen LogP contribution in [0, 0.1) is 0 Å². The number of hydrogen-bond donors (Lipinski definition) is 0. The summed E-state index contributed by atoms with van der Waals surface area (Å²) in [5.74, 6) is 0.0363. The Balaban J connectivity index is 2.28. The normalized spacial score (nSPS) is 24.1. The molecule has 3 nitrogen and oxygen atoms in total. The summed E-state index contributed by atoms with van der Waals surface area (Å²) >= 11 is 6.03. The highest BCUT2D eigenvalue weighted by molar-refractivity contribution is 6.33. The summed E-state index contributed by atoms with van der Waals surface area (Å²) in [4.78, 5) is 18.3. The number of carbonyl (C=O) groups is 1. The van der Waals surface area contributed by atoms with E-state index < -0.39 is 0 Å². The minimum atomic E-state index is 0.0363. The van der Waals surface area contributed by atoms with Crippen molar-refractivity contribution in [2.24, 2.45) is 0 Å². The first kappa shape index (κ1) is 12.4. The van der Waals surface area contributed by atoms with E-state index in [0.29, 0.717) is 22.7 Å². The highest BCUT2D eigenvalue weighted by Gasteiger charge is 2.34. The number of aromatic nitrogens is 1. The molecular formula is C13H17ClN2O. The maximum Gasteiger partial charge on any atom is 0.255 e. The third-order valence-corrected chi connectivity index (χ3v) is 3.80. The van der Waals surface area contributed by atoms with Crippen molar-refractivity contribution in [3.63, 3.8) is 0 Å². The number of nitrogens with zero attached hydrogens (tertiary/aromatic N) is 2. The topological polar surface area (TPSA) is 33.2 Å². The zero-order chi connectivity index (χ0) is 12.4. The molecule has 1 aromatic rings. The Morgan fingerprint density at radius 3 is 3.00 bits per heavy atom. The number of carbonyl (C=O) groups excluding carboxylic acids is 1. The Bertz CT molecular complexity index is 422. The van der Waals surface area contributed by atoms with Gasteiger partial charge in [0.05, 0.1) is 10.6 Å². The second kappa shape index (κ2) is 5.05. The monoisotopic (exact) mass is 252 g/mol. The highest BCUT2D eigenvalue weighted by Crippen LogP contribution is 2.29. The molecule has 0 bridgehead atoms. The van der Waals surface area contributed by atoms with Crippen LogP contribution in [0.1, 0.15) is 43.5 Å². The number of hydrogen-bond acceptors (Lipinski definition) is 2. The lowest BCUT2D eigenvalue weighted by Crippen LogP contribution is -2.39. The van der Waals surface area contributed by atoms with E-state index in [4.69, 9.17) is 11.6 Å². The Morgan fingerprint density at radius 2 is 2.35 bits per heavy atom. The number of rotatable bonds is 2. The van der Waals surface area contributed by atoms with Crippen LogP contribution in [0.3, 0.4) is 0 Å². The van der Waals surface area contributed by atoms with E-state index in [9.17, 15) is 4.79 Å². The minimum absolute atomic E-state index is 0.0363. The van der Waals surface area contributed by atoms with Crippen LogP contribution >= 0.6 is 11.6 Å². The highest BCUT2D eigenvalue weighted by atomic mass is 35.5. The molecule has 17 heavy (non-hydrogen) atoms. The number of amides is 1. The van der Waals surface area contributed by atoms with E-state index in [1.54, 1.807) is 12.3 Å². The molecule has 1 aliphatic heterocycles. The maximum atomic E-state index is 12.5. The van der Waals surface area contributed by atoms with Gasteiger partial charge in [-0.3, -0.25) is 9.78 Å². The van der Waals surface area contributed by atoms with Crippen molar-refractivity contribution in [2.75, 3.05) is 0 Å². The lowest BCUT2D eigenvalue weighted by molar-refractivity contribution is 0.0676. The van der Waals surface area contributed by atoms with Gasteiger partial charge in [0, 0.05) is 24.5 Å². The van der Waals surface area contributed by atoms with Gasteiger partial charge in [-0.2, -0.15) is 0 Å². The fourth-order valence-corrected chi connectivity index (χ4v) is 2.73. The van der Waals surface area contributed by atoms with Crippen molar-refractivity contribution < 1.29 is 4.79 Å². The Labute approximate surface area is 107 Å². The van der Waals surface area contributed by atoms with Crippen LogP contribution in [0.4, 0.5) is 0 Å². The van der Waals surface area contributed by atoms with Crippen molar-refractivity contribution in [1.82, 2.24) is 9.88 Å². The van der Waals surface area contributed by atoms with E-state index in [2.05, 4.69) is 18.8 Å². The first-order valence-electron chi connectivity index (χ1n) is 6.07. The molecule has 0 spiro atoms. The largest absolute Gasteiger partial charge is 0.333 e. The van der Waals surface area contributed by atoms with Crippen LogP contribution in [0.15, 0.2) is 18.5 Å². The summed E-state index contributed by atoms with van der Waals surface area (Å²) in [5.41, 5.74) is 0.564. The van der Waals surface area contributed by atoms with E-state index in [1.807, 2.05) is 4.90 Å². The zero-order valence-corrected chi connectivity index (χ0v) is 10.9. The summed E-state index contributed by atoms with van der Waals surface area (Å²) in [5, 5.41) is 0.437. The van der Waals surface area contributed by atoms with E-state index in [-0.39, 0.29) is 5.91 Å². The molecule has 0 saturated carbocycles. The number of likely N-dealkylation sites (tertiary alicyclic amines) is 1. The summed E-state index contributed by atoms with van der Waals surface area (Å²) in [6.45, 7) is 4.22. The van der Waals surface area contributed by atoms with Gasteiger partial charge in [0.2, 0.25) is 0 Å². The van der Waals surface area contributed by atoms with Crippen LogP contribution in [-0.4, -0.2) is 27.9 Å². The first-order chi connectivity index (χ1) is 8.15. The molecule has 0 radical (unpaired) electrons. The summed E-state index contributed by atoms with van der Waals surface area (Å²) in [6.07, 6.45) is 6.30. The molecule has 1 aromatic heterocycles. The van der Waals surface area contributed by atoms with Gasteiger partial charge in [0.1, 0.15) is 0 Å². The molecule has 92 valence electrons. The molecule has 0 aliphatic carbocycles. The predicted octanol–water partition coefficient (Wildman–Crippen LogP) is 3.14. The van der Waals surface area contributed by atoms with E-state index >= 15 is 0 Å². The predicted molar refractivity (Wildman–Crippen MR) is 68.2 cm³/mol. The third-order valence-electron chi connectivity index (χ3n) is 3.49. The van der Waals surface area contributed by atoms with Crippen LogP contribution in [-0.2, 0) is 0 Å². The van der Waals surface area contributed by atoms with Crippen LogP contribution in [0.5, 0.6) is 0 Å². The van der Waals surface area contributed by atoms with Gasteiger partial charge in [-0.05, 0) is 32.3 Å². The molecule has 1 aliphatic rings. The van der Waals surface area contributed by atoms with Crippen molar-refractivity contribution in [1.29, 1.82) is 0 Å². The first-order valence-corrected chi connectivity index (χ1v) is 6.45. The van der Waals surface area contributed by atoms with Crippen molar-refractivity contribution in [3.05, 3.63) is 29.0 Å². The van der Waals surface area contributed by atoms with Crippen LogP contribution in [0.2, 0.25) is 5.02 Å². The summed E-state index contributed by atoms with van der Waals surface area (Å²) < 4.78 is 0. The fourth-order valence-electron chi connectivity index (χ4n) is 2.53. The third kappa shape index (κ3) is 2.29. The van der Waals surface area contributed by atoms with Gasteiger partial charge in [0.25, 0.3) is 5.91 Å². The minimum Gasteiger partial charge on any atom is -0.333 e. The lowest BCUT2D eigenvalue weighted by atomic mass is 10.1. The second-order valence-electron chi connectivity index (χ2n) is 4.56. The maximum absolute atomic E-state index is 12.5. The van der Waals surface area contributed by atoms with Gasteiger partial charge in [-0.15, -0.1) is 0 Å². The average Bonchev–Trinajstić information content (AvgIpc) is 2.70. The van der Waals surface area contributed by atoms with Gasteiger partial charge in [-0.1, -0.05) is 18.5 Å². The van der Waals surface area contributed by atoms with Gasteiger partial charge < -0.3 is 4.90 Å². The molecule has 4 heteroatoms. The molecular weight excluding hydrogens is 236 g/mol. The van der Waals surface area contributed by atoms with E-state index in [1.165, 1.54) is 6.20 Å². The van der Waals surface area contributed by atoms with Gasteiger partial charge in [0.15, 0.2) is 0 Å². The van der Waals surface area contributed by atoms with Gasteiger partial charge in [-0.25, -0.2) is 0 Å². The molecule has 2 atom stereocenters. The number of pyridine rings is 1. The fraction of sp³-hybridized carbons (Fsp3) is 0.538. The summed E-state index contributed by atoms with van der Waals surface area (Å²) in [7, 11) is 0. The van der Waals surface area contributed by atoms with Crippen molar-refractivity contribution in [2.45, 2.75) is 45.2 Å². The van der Waals surface area contributed by atoms with Crippen LogP contribution in [0.25, 0.3) is 0 Å². The molecule has 2 heterocycles. The number of halogens is 1. The van der Waals surface area contributed by atoms with Crippen molar-refractivity contribution in [3.8, 4) is 0 Å². The van der Waals surface area contributed by atoms with Crippen molar-refractivity contribution >= 4 is 17.5 Å². The molecule has 0 N–H and O–H groups in total. The van der Waals surface area contributed by atoms with Gasteiger partial charge >= 0.3 is 0 Å². The summed E-state index contributed by atoms with van der Waals surface area (Å²) in [6, 6.07) is 2.35. The standard InChI is InChI=1S/C13H17ClN2O/c1-3-10-5-4-9(2)16(10)13(17)11-6-7-15-8-12(11)14/h6-10H,3-5H2,1-2H3. The van der Waals surface area contributed by atoms with E-state index in [0.717, 1.165) is 19.3 Å². The second-order valence-corrected chi connectivity index (χ2v) is 4.96. The molecule has 2 rings (SSSR count). The molecule has 2 unspecified atom stereocenters. The lowest BCUT2D eigenvalue weighted by Gasteiger charge is -2.28. The smallest absolute Gasteiger partial charge is 0.255 e.